The maximum atomic E-state index is 12.3. The minimum absolute atomic E-state index is 0.191. The molecule has 0 aromatic heterocycles. The Kier molecular flexibility index (Phi) is 12.6. The van der Waals surface area contributed by atoms with Crippen molar-refractivity contribution >= 4 is 95.0 Å². The van der Waals surface area contributed by atoms with Gasteiger partial charge in [0, 0.05) is 57.3 Å². The molecular weight excluding hydrogens is 921 g/mol. The number of benzene rings is 4. The molecule has 0 spiro atoms. The zero-order chi connectivity index (χ0) is 44.2. The molecule has 0 saturated carbocycles. The highest BCUT2D eigenvalue weighted by Crippen LogP contribution is 2.52. The number of anilines is 1. The maximum Gasteiger partial charge on any atom is 0.295 e. The lowest BCUT2D eigenvalue weighted by Gasteiger charge is -2.27. The van der Waals surface area contributed by atoms with Crippen LogP contribution in [0.15, 0.2) is 105 Å². The normalized spacial score (nSPS) is 17.7. The molecule has 0 aliphatic carbocycles. The van der Waals surface area contributed by atoms with Crippen LogP contribution in [0.5, 0.6) is 0 Å². The molecule has 4 N–H and O–H groups in total. The van der Waals surface area contributed by atoms with Gasteiger partial charge < -0.3 is 4.90 Å². The molecule has 0 bridgehead atoms. The Labute approximate surface area is 359 Å². The first-order valence-electron chi connectivity index (χ1n) is 18.9. The van der Waals surface area contributed by atoms with Gasteiger partial charge in [-0.25, -0.2) is 0 Å². The van der Waals surface area contributed by atoms with Gasteiger partial charge in [0.15, 0.2) is 5.71 Å². The summed E-state index contributed by atoms with van der Waals surface area (Å²) in [5.74, 6) is -0.814. The lowest BCUT2D eigenvalue weighted by atomic mass is 9.79. The van der Waals surface area contributed by atoms with Gasteiger partial charge in [0.25, 0.3) is 40.5 Å². The molecule has 0 saturated heterocycles. The summed E-state index contributed by atoms with van der Waals surface area (Å²) in [7, 11) is -17.4. The van der Waals surface area contributed by atoms with Crippen molar-refractivity contribution in [1.29, 1.82) is 0 Å². The predicted octanol–water partition coefficient (Wildman–Crippen LogP) is 7.72. The Morgan fingerprint density at radius 2 is 1.37 bits per heavy atom. The average molecular weight is 967 g/mol. The highest BCUT2D eigenvalue weighted by Gasteiger charge is 2.46. The molecule has 14 nitrogen and oxygen atoms in total. The van der Waals surface area contributed by atoms with Crippen LogP contribution < -0.4 is 4.90 Å². The zero-order valence-electron chi connectivity index (χ0n) is 33.2. The van der Waals surface area contributed by atoms with E-state index in [1.54, 1.807) is 30.3 Å². The Balaban J connectivity index is 1.42. The summed E-state index contributed by atoms with van der Waals surface area (Å²) in [5.41, 5.74) is 3.32. The molecule has 0 fully saturated rings. The SMILES string of the molecule is CC1(C)C(/C=C/C(Br)=C/C=C2/N(CCCCS(=O)(=O)O)c3ccc4c(S(=O)(=O)O)cccc4c3C2(C)C)=[N+](CCCCS(=O)(=O)O)c2ccc3ccc(S(=O)(=O)O)cc3c21. The fourth-order valence-electron chi connectivity index (χ4n) is 8.50. The molecule has 322 valence electrons. The van der Waals surface area contributed by atoms with Crippen LogP contribution in [-0.4, -0.2) is 86.8 Å². The third-order valence-electron chi connectivity index (χ3n) is 11.1. The number of nitrogens with zero attached hydrogens (tertiary/aromatic N) is 2. The Hall–Kier alpha value is -3.79. The van der Waals surface area contributed by atoms with E-state index in [-0.39, 0.29) is 22.6 Å². The molecule has 2 aliphatic heterocycles. The molecule has 0 radical (unpaired) electrons. The van der Waals surface area contributed by atoms with E-state index >= 15 is 0 Å². The van der Waals surface area contributed by atoms with E-state index < -0.39 is 62.8 Å². The summed E-state index contributed by atoms with van der Waals surface area (Å²) in [5, 5.41) is 2.34. The Morgan fingerprint density at radius 1 is 0.717 bits per heavy atom. The minimum atomic E-state index is -4.55. The Bertz CT molecular complexity index is 3010. The second-order valence-electron chi connectivity index (χ2n) is 16.0. The van der Waals surface area contributed by atoms with Gasteiger partial charge in [-0.1, -0.05) is 54.0 Å². The quantitative estimate of drug-likeness (QED) is 0.0388. The number of allylic oxidation sites excluding steroid dienone is 6. The van der Waals surface area contributed by atoms with Crippen molar-refractivity contribution < 1.29 is 56.5 Å². The summed E-state index contributed by atoms with van der Waals surface area (Å²) in [6, 6.07) is 16.3. The van der Waals surface area contributed by atoms with Crippen LogP contribution in [0.25, 0.3) is 21.5 Å². The summed E-state index contributed by atoms with van der Waals surface area (Å²) in [6.45, 7) is 8.68. The van der Waals surface area contributed by atoms with Crippen molar-refractivity contribution in [1.82, 2.24) is 0 Å². The molecule has 2 aliphatic rings. The standard InChI is InChI=1S/C41H45BrN2O12S4/c1-40(2)36(44(23-6-8-25-58(48,49)50)34-19-17-30-31(38(34)40)10-9-11-35(30)60(54,55)56)20-14-28(42)15-21-37-41(3,4)39-32-26-29(59(51,52)53)16-12-27(32)13-18-33(39)43(37)22-5-7-24-57(45,46)47/h9-21,26H,5-8,22-25H2,1-4H3,(H3-,45,46,47,48,49,50,51,52,53,54,55,56)/p+1. The number of fused-ring (bicyclic) bond motifs is 6. The van der Waals surface area contributed by atoms with E-state index in [1.165, 1.54) is 18.2 Å². The third-order valence-corrected chi connectivity index (χ3v) is 15.0. The number of hydrogen-bond donors (Lipinski definition) is 4. The van der Waals surface area contributed by atoms with E-state index in [2.05, 4.69) is 15.9 Å². The van der Waals surface area contributed by atoms with Crippen LogP contribution in [0.4, 0.5) is 11.4 Å². The molecule has 6 rings (SSSR count). The summed E-state index contributed by atoms with van der Waals surface area (Å²) >= 11 is 3.69. The molecule has 0 atom stereocenters. The minimum Gasteiger partial charge on any atom is -0.344 e. The van der Waals surface area contributed by atoms with Crippen LogP contribution in [0.2, 0.25) is 0 Å². The van der Waals surface area contributed by atoms with E-state index in [4.69, 9.17) is 0 Å². The van der Waals surface area contributed by atoms with Gasteiger partial charge in [-0.05, 0) is 103 Å². The molecule has 0 unspecified atom stereocenters. The van der Waals surface area contributed by atoms with Crippen molar-refractivity contribution in [2.45, 2.75) is 74.0 Å². The first-order chi connectivity index (χ1) is 27.7. The van der Waals surface area contributed by atoms with E-state index in [0.29, 0.717) is 46.6 Å². The molecule has 60 heavy (non-hydrogen) atoms. The topological polar surface area (TPSA) is 224 Å². The van der Waals surface area contributed by atoms with Gasteiger partial charge in [0.05, 0.1) is 21.8 Å². The number of rotatable bonds is 15. The largest absolute Gasteiger partial charge is 0.344 e. The second kappa shape index (κ2) is 16.5. The third kappa shape index (κ3) is 9.48. The van der Waals surface area contributed by atoms with Crippen LogP contribution in [0.1, 0.15) is 64.5 Å². The maximum absolute atomic E-state index is 12.3. The highest BCUT2D eigenvalue weighted by molar-refractivity contribution is 9.11. The van der Waals surface area contributed by atoms with Crippen molar-refractivity contribution in [2.24, 2.45) is 0 Å². The van der Waals surface area contributed by atoms with Crippen molar-refractivity contribution in [3.8, 4) is 0 Å². The van der Waals surface area contributed by atoms with E-state index in [0.717, 1.165) is 39.3 Å². The molecular formula is C41H46BrN2O12S4+. The van der Waals surface area contributed by atoms with Gasteiger partial charge in [0.2, 0.25) is 5.69 Å². The van der Waals surface area contributed by atoms with Gasteiger partial charge in [-0.3, -0.25) is 18.2 Å². The van der Waals surface area contributed by atoms with Crippen LogP contribution >= 0.6 is 15.9 Å². The van der Waals surface area contributed by atoms with E-state index in [1.807, 2.05) is 73.6 Å². The average Bonchev–Trinajstić information content (AvgIpc) is 3.49. The van der Waals surface area contributed by atoms with E-state index in [9.17, 15) is 51.9 Å². The van der Waals surface area contributed by atoms with Crippen LogP contribution in [0.3, 0.4) is 0 Å². The fourth-order valence-corrected chi connectivity index (χ4v) is 11.1. The van der Waals surface area contributed by atoms with Gasteiger partial charge in [-0.2, -0.15) is 38.2 Å². The van der Waals surface area contributed by atoms with Gasteiger partial charge in [0.1, 0.15) is 11.4 Å². The van der Waals surface area contributed by atoms with Crippen LogP contribution in [-0.2, 0) is 51.3 Å². The van der Waals surface area contributed by atoms with Crippen molar-refractivity contribution in [3.05, 3.63) is 106 Å². The summed E-state index contributed by atoms with van der Waals surface area (Å²) in [4.78, 5) is 1.56. The first-order valence-corrected chi connectivity index (χ1v) is 25.8. The predicted molar refractivity (Wildman–Crippen MR) is 236 cm³/mol. The number of halogens is 1. The summed E-state index contributed by atoms with van der Waals surface area (Å²) < 4.78 is 136. The lowest BCUT2D eigenvalue weighted by Crippen LogP contribution is -2.28. The second-order valence-corrected chi connectivity index (χ2v) is 22.8. The smallest absolute Gasteiger partial charge is 0.295 e. The van der Waals surface area contributed by atoms with Gasteiger partial charge in [-0.15, -0.1) is 0 Å². The number of hydrogen-bond acceptors (Lipinski definition) is 9. The van der Waals surface area contributed by atoms with Gasteiger partial charge >= 0.3 is 0 Å². The summed E-state index contributed by atoms with van der Waals surface area (Å²) in [6.07, 6.45) is 8.68. The monoisotopic (exact) mass is 965 g/mol. The van der Waals surface area contributed by atoms with Crippen LogP contribution in [0, 0.1) is 0 Å². The van der Waals surface area contributed by atoms with Crippen molar-refractivity contribution in [2.75, 3.05) is 29.5 Å². The van der Waals surface area contributed by atoms with Crippen molar-refractivity contribution in [3.63, 3.8) is 0 Å². The highest BCUT2D eigenvalue weighted by atomic mass is 79.9. The molecule has 4 aromatic rings. The molecule has 4 aromatic carbocycles. The Morgan fingerprint density at radius 3 is 2.00 bits per heavy atom. The molecule has 19 heteroatoms. The molecule has 0 amide bonds. The molecule has 2 heterocycles. The fraction of sp³-hybridized carbons (Fsp3) is 0.341. The first kappa shape index (κ1) is 45.7. The zero-order valence-corrected chi connectivity index (χ0v) is 38.1. The lowest BCUT2D eigenvalue weighted by molar-refractivity contribution is -0.438. The number of unbranched alkanes of at least 4 members (excludes halogenated alkanes) is 2.